The Balaban J connectivity index is 2.92. The number of carbonyl (C=O) groups is 1. The highest BCUT2D eigenvalue weighted by Gasteiger charge is 2.09. The lowest BCUT2D eigenvalue weighted by atomic mass is 10.2. The van der Waals surface area contributed by atoms with Gasteiger partial charge in [-0.2, -0.15) is 0 Å². The summed E-state index contributed by atoms with van der Waals surface area (Å²) < 4.78 is 0. The Hall–Kier alpha value is -1.11. The summed E-state index contributed by atoms with van der Waals surface area (Å²) in [6.07, 6.45) is 6.98. The van der Waals surface area contributed by atoms with Crippen molar-refractivity contribution in [2.75, 3.05) is 12.8 Å². The molecular formula is C11H10ClNOS. The van der Waals surface area contributed by atoms with Gasteiger partial charge in [0.1, 0.15) is 0 Å². The monoisotopic (exact) mass is 239 g/mol. The number of carbonyl (C=O) groups excluding carboxylic acids is 1. The van der Waals surface area contributed by atoms with Crippen LogP contribution < -0.4 is 5.32 Å². The third-order valence-corrected chi connectivity index (χ3v) is 2.82. The fourth-order valence-corrected chi connectivity index (χ4v) is 1.68. The SMILES string of the molecule is C#CCNC(=O)c1cc(SC)ccc1Cl. The molecule has 0 unspecified atom stereocenters. The van der Waals surface area contributed by atoms with Crippen molar-refractivity contribution in [2.45, 2.75) is 4.90 Å². The van der Waals surface area contributed by atoms with Gasteiger partial charge in [-0.15, -0.1) is 18.2 Å². The van der Waals surface area contributed by atoms with Crippen LogP contribution in [0.3, 0.4) is 0 Å². The first-order valence-electron chi connectivity index (χ1n) is 4.24. The highest BCUT2D eigenvalue weighted by Crippen LogP contribution is 2.22. The average molecular weight is 240 g/mol. The zero-order valence-electron chi connectivity index (χ0n) is 8.21. The van der Waals surface area contributed by atoms with Crippen LogP contribution in [0.5, 0.6) is 0 Å². The first-order valence-corrected chi connectivity index (χ1v) is 5.84. The van der Waals surface area contributed by atoms with E-state index >= 15 is 0 Å². The number of benzene rings is 1. The van der Waals surface area contributed by atoms with E-state index in [4.69, 9.17) is 18.0 Å². The fraction of sp³-hybridized carbons (Fsp3) is 0.182. The number of hydrogen-bond donors (Lipinski definition) is 1. The van der Waals surface area contributed by atoms with Crippen molar-refractivity contribution < 1.29 is 4.79 Å². The maximum Gasteiger partial charge on any atom is 0.253 e. The van der Waals surface area contributed by atoms with Crippen molar-refractivity contribution in [3.8, 4) is 12.3 Å². The molecule has 0 spiro atoms. The van der Waals surface area contributed by atoms with Crippen LogP contribution in [0.2, 0.25) is 5.02 Å². The van der Waals surface area contributed by atoms with Crippen LogP contribution in [0.25, 0.3) is 0 Å². The first-order chi connectivity index (χ1) is 7.19. The molecule has 1 aromatic carbocycles. The Morgan fingerprint density at radius 1 is 1.67 bits per heavy atom. The maximum absolute atomic E-state index is 11.6. The number of terminal acetylenes is 1. The average Bonchev–Trinajstić information content (AvgIpc) is 2.26. The molecule has 0 saturated heterocycles. The zero-order chi connectivity index (χ0) is 11.3. The molecule has 0 heterocycles. The molecule has 1 aromatic rings. The summed E-state index contributed by atoms with van der Waals surface area (Å²) in [5.74, 6) is 2.09. The molecule has 0 radical (unpaired) electrons. The summed E-state index contributed by atoms with van der Waals surface area (Å²) in [6, 6.07) is 5.32. The van der Waals surface area contributed by atoms with Crippen LogP contribution in [0.1, 0.15) is 10.4 Å². The quantitative estimate of drug-likeness (QED) is 0.649. The van der Waals surface area contributed by atoms with Gasteiger partial charge in [0.2, 0.25) is 0 Å². The van der Waals surface area contributed by atoms with E-state index in [1.165, 1.54) is 0 Å². The van der Waals surface area contributed by atoms with E-state index in [0.717, 1.165) is 4.90 Å². The molecule has 1 rings (SSSR count). The molecule has 0 bridgehead atoms. The normalized spacial score (nSPS) is 9.40. The van der Waals surface area contributed by atoms with E-state index in [9.17, 15) is 4.79 Å². The molecule has 0 fully saturated rings. The second kappa shape index (κ2) is 5.69. The second-order valence-electron chi connectivity index (χ2n) is 2.73. The van der Waals surface area contributed by atoms with E-state index in [2.05, 4.69) is 11.2 Å². The molecule has 0 saturated carbocycles. The Labute approximate surface area is 98.4 Å². The number of halogens is 1. The summed E-state index contributed by atoms with van der Waals surface area (Å²) in [5.41, 5.74) is 0.457. The zero-order valence-corrected chi connectivity index (χ0v) is 9.78. The van der Waals surface area contributed by atoms with Gasteiger partial charge in [-0.25, -0.2) is 0 Å². The number of rotatable bonds is 3. The van der Waals surface area contributed by atoms with Crippen LogP contribution in [-0.2, 0) is 0 Å². The van der Waals surface area contributed by atoms with Gasteiger partial charge in [-0.1, -0.05) is 17.5 Å². The predicted molar refractivity (Wildman–Crippen MR) is 64.4 cm³/mol. The Morgan fingerprint density at radius 2 is 2.40 bits per heavy atom. The van der Waals surface area contributed by atoms with Gasteiger partial charge in [0.05, 0.1) is 17.1 Å². The lowest BCUT2D eigenvalue weighted by Gasteiger charge is -2.05. The number of thioether (sulfide) groups is 1. The molecule has 4 heteroatoms. The Morgan fingerprint density at radius 3 is 3.00 bits per heavy atom. The minimum atomic E-state index is -0.242. The smallest absolute Gasteiger partial charge is 0.253 e. The maximum atomic E-state index is 11.6. The molecule has 0 aliphatic heterocycles. The molecule has 1 amide bonds. The van der Waals surface area contributed by atoms with Crippen molar-refractivity contribution in [1.29, 1.82) is 0 Å². The molecule has 0 aliphatic carbocycles. The van der Waals surface area contributed by atoms with Gasteiger partial charge in [0.25, 0.3) is 5.91 Å². The molecule has 0 aromatic heterocycles. The van der Waals surface area contributed by atoms with Crippen molar-refractivity contribution in [3.05, 3.63) is 28.8 Å². The summed E-state index contributed by atoms with van der Waals surface area (Å²) in [5, 5.41) is 3.00. The highest BCUT2D eigenvalue weighted by molar-refractivity contribution is 7.98. The molecule has 15 heavy (non-hydrogen) atoms. The van der Waals surface area contributed by atoms with Crippen LogP contribution >= 0.6 is 23.4 Å². The third kappa shape index (κ3) is 3.19. The number of amides is 1. The lowest BCUT2D eigenvalue weighted by Crippen LogP contribution is -2.23. The van der Waals surface area contributed by atoms with Crippen molar-refractivity contribution in [3.63, 3.8) is 0 Å². The van der Waals surface area contributed by atoms with Crippen molar-refractivity contribution in [1.82, 2.24) is 5.32 Å². The summed E-state index contributed by atoms with van der Waals surface area (Å²) in [7, 11) is 0. The molecule has 0 atom stereocenters. The van der Waals surface area contributed by atoms with Gasteiger partial charge in [0.15, 0.2) is 0 Å². The minimum Gasteiger partial charge on any atom is -0.341 e. The van der Waals surface area contributed by atoms with E-state index in [1.807, 2.05) is 12.3 Å². The molecular weight excluding hydrogens is 230 g/mol. The van der Waals surface area contributed by atoms with Crippen molar-refractivity contribution in [2.24, 2.45) is 0 Å². The van der Waals surface area contributed by atoms with E-state index < -0.39 is 0 Å². The lowest BCUT2D eigenvalue weighted by molar-refractivity contribution is 0.0958. The Bertz CT molecular complexity index is 412. The second-order valence-corrected chi connectivity index (χ2v) is 4.02. The van der Waals surface area contributed by atoms with Crippen LogP contribution in [-0.4, -0.2) is 18.7 Å². The predicted octanol–water partition coefficient (Wildman–Crippen LogP) is 2.42. The van der Waals surface area contributed by atoms with Gasteiger partial charge in [-0.3, -0.25) is 4.79 Å². The van der Waals surface area contributed by atoms with E-state index in [0.29, 0.717) is 10.6 Å². The largest absolute Gasteiger partial charge is 0.341 e. The number of hydrogen-bond acceptors (Lipinski definition) is 2. The summed E-state index contributed by atoms with van der Waals surface area (Å²) >= 11 is 7.46. The van der Waals surface area contributed by atoms with Crippen molar-refractivity contribution >= 4 is 29.3 Å². The number of nitrogens with one attached hydrogen (secondary N) is 1. The minimum absolute atomic E-state index is 0.207. The van der Waals surface area contributed by atoms with Crippen LogP contribution in [0.15, 0.2) is 23.1 Å². The summed E-state index contributed by atoms with van der Waals surface area (Å²) in [4.78, 5) is 12.6. The van der Waals surface area contributed by atoms with Crippen LogP contribution in [0, 0.1) is 12.3 Å². The Kier molecular flexibility index (Phi) is 4.54. The molecule has 2 nitrogen and oxygen atoms in total. The van der Waals surface area contributed by atoms with E-state index in [1.54, 1.807) is 23.9 Å². The van der Waals surface area contributed by atoms with Crippen LogP contribution in [0.4, 0.5) is 0 Å². The third-order valence-electron chi connectivity index (χ3n) is 1.77. The van der Waals surface area contributed by atoms with E-state index in [-0.39, 0.29) is 12.5 Å². The topological polar surface area (TPSA) is 29.1 Å². The summed E-state index contributed by atoms with van der Waals surface area (Å²) in [6.45, 7) is 0.207. The van der Waals surface area contributed by atoms with Gasteiger partial charge in [0, 0.05) is 4.90 Å². The fourth-order valence-electron chi connectivity index (χ4n) is 1.03. The van der Waals surface area contributed by atoms with Gasteiger partial charge < -0.3 is 5.32 Å². The van der Waals surface area contributed by atoms with Gasteiger partial charge >= 0.3 is 0 Å². The standard InChI is InChI=1S/C11H10ClNOS/c1-3-6-13-11(14)9-7-8(15-2)4-5-10(9)12/h1,4-5,7H,6H2,2H3,(H,13,14). The molecule has 78 valence electrons. The van der Waals surface area contributed by atoms with Gasteiger partial charge in [-0.05, 0) is 24.5 Å². The first kappa shape index (κ1) is 12.0. The highest BCUT2D eigenvalue weighted by atomic mass is 35.5. The molecule has 0 aliphatic rings. The molecule has 1 N–H and O–H groups in total.